The number of aliphatic carboxylic acids is 1. The maximum absolute atomic E-state index is 11.8. The predicted molar refractivity (Wildman–Crippen MR) is 64.9 cm³/mol. The topological polar surface area (TPSA) is 86.7 Å². The van der Waals surface area contributed by atoms with Crippen molar-refractivity contribution in [1.82, 2.24) is 10.2 Å². The normalized spacial score (nSPS) is 18.7. The summed E-state index contributed by atoms with van der Waals surface area (Å²) >= 11 is 0. The van der Waals surface area contributed by atoms with Crippen molar-refractivity contribution in [2.45, 2.75) is 45.1 Å². The van der Waals surface area contributed by atoms with Crippen LogP contribution in [0.3, 0.4) is 0 Å². The van der Waals surface area contributed by atoms with E-state index >= 15 is 0 Å². The van der Waals surface area contributed by atoms with Gasteiger partial charge in [-0.2, -0.15) is 0 Å². The lowest BCUT2D eigenvalue weighted by Crippen LogP contribution is -2.37. The number of carboxylic acids is 1. The summed E-state index contributed by atoms with van der Waals surface area (Å²) in [6, 6.07) is 0.0606. The van der Waals surface area contributed by atoms with Crippen LogP contribution in [0, 0.1) is 0 Å². The fourth-order valence-electron chi connectivity index (χ4n) is 2.10. The van der Waals surface area contributed by atoms with Crippen LogP contribution in [0.2, 0.25) is 0 Å². The number of hydrogen-bond acceptors (Lipinski definition) is 3. The molecule has 1 saturated heterocycles. The number of unbranched alkanes of at least 4 members (excludes halogenated alkanes) is 1. The van der Waals surface area contributed by atoms with Crippen molar-refractivity contribution in [2.75, 3.05) is 13.1 Å². The highest BCUT2D eigenvalue weighted by Crippen LogP contribution is 2.12. The number of rotatable bonds is 6. The van der Waals surface area contributed by atoms with E-state index in [4.69, 9.17) is 5.11 Å². The first-order valence-corrected chi connectivity index (χ1v) is 6.25. The van der Waals surface area contributed by atoms with Crippen molar-refractivity contribution in [3.8, 4) is 0 Å². The Morgan fingerprint density at radius 2 is 1.94 bits per heavy atom. The first-order chi connectivity index (χ1) is 8.49. The van der Waals surface area contributed by atoms with E-state index in [1.54, 1.807) is 4.90 Å². The van der Waals surface area contributed by atoms with Crippen molar-refractivity contribution < 1.29 is 19.5 Å². The summed E-state index contributed by atoms with van der Waals surface area (Å²) in [5.74, 6) is -0.849. The molecule has 0 aromatic carbocycles. The lowest BCUT2D eigenvalue weighted by molar-refractivity contribution is -0.137. The summed E-state index contributed by atoms with van der Waals surface area (Å²) in [5.41, 5.74) is 0. The van der Waals surface area contributed by atoms with Gasteiger partial charge in [0.15, 0.2) is 0 Å². The highest BCUT2D eigenvalue weighted by molar-refractivity contribution is 5.77. The van der Waals surface area contributed by atoms with Gasteiger partial charge in [-0.05, 0) is 19.3 Å². The summed E-state index contributed by atoms with van der Waals surface area (Å²) in [4.78, 5) is 34.7. The molecule has 1 unspecified atom stereocenters. The van der Waals surface area contributed by atoms with Crippen LogP contribution in [0.5, 0.6) is 0 Å². The van der Waals surface area contributed by atoms with E-state index in [0.717, 1.165) is 6.42 Å². The number of amides is 2. The van der Waals surface area contributed by atoms with E-state index in [0.29, 0.717) is 32.4 Å². The fraction of sp³-hybridized carbons (Fsp3) is 0.750. The summed E-state index contributed by atoms with van der Waals surface area (Å²) in [6.07, 6.45) is 2.43. The van der Waals surface area contributed by atoms with E-state index in [2.05, 4.69) is 5.32 Å². The minimum Gasteiger partial charge on any atom is -0.481 e. The molecule has 1 aliphatic heterocycles. The Kier molecular flexibility index (Phi) is 5.61. The summed E-state index contributed by atoms with van der Waals surface area (Å²) in [7, 11) is 0. The van der Waals surface area contributed by atoms with Crippen LogP contribution >= 0.6 is 0 Å². The number of nitrogens with one attached hydrogen (secondary N) is 1. The van der Waals surface area contributed by atoms with Crippen molar-refractivity contribution in [1.29, 1.82) is 0 Å². The van der Waals surface area contributed by atoms with Gasteiger partial charge in [0, 0.05) is 38.9 Å². The van der Waals surface area contributed by atoms with E-state index in [1.807, 2.05) is 0 Å². The van der Waals surface area contributed by atoms with Crippen molar-refractivity contribution in [3.05, 3.63) is 0 Å². The smallest absolute Gasteiger partial charge is 0.303 e. The molecule has 1 heterocycles. The second kappa shape index (κ2) is 6.98. The Morgan fingerprint density at radius 1 is 1.28 bits per heavy atom. The van der Waals surface area contributed by atoms with Crippen molar-refractivity contribution >= 4 is 17.8 Å². The molecule has 6 heteroatoms. The lowest BCUT2D eigenvalue weighted by Gasteiger charge is -2.16. The molecule has 1 aliphatic rings. The van der Waals surface area contributed by atoms with Crippen LogP contribution < -0.4 is 5.32 Å². The second-order valence-electron chi connectivity index (χ2n) is 4.63. The van der Waals surface area contributed by atoms with Crippen LogP contribution in [-0.2, 0) is 14.4 Å². The Balaban J connectivity index is 2.19. The molecular weight excluding hydrogens is 236 g/mol. The van der Waals surface area contributed by atoms with Gasteiger partial charge in [-0.3, -0.25) is 14.4 Å². The number of carbonyl (C=O) groups excluding carboxylic acids is 2. The molecule has 18 heavy (non-hydrogen) atoms. The van der Waals surface area contributed by atoms with Gasteiger partial charge in [0.05, 0.1) is 0 Å². The van der Waals surface area contributed by atoms with Crippen LogP contribution in [0.15, 0.2) is 0 Å². The largest absolute Gasteiger partial charge is 0.481 e. The van der Waals surface area contributed by atoms with Gasteiger partial charge in [0.25, 0.3) is 0 Å². The molecule has 0 aromatic heterocycles. The summed E-state index contributed by atoms with van der Waals surface area (Å²) in [6.45, 7) is 2.70. The number of nitrogens with zero attached hydrogens (tertiary/aromatic N) is 1. The number of likely N-dealkylation sites (tertiary alicyclic amines) is 1. The Morgan fingerprint density at radius 3 is 2.56 bits per heavy atom. The van der Waals surface area contributed by atoms with Crippen LogP contribution in [0.1, 0.15) is 39.0 Å². The van der Waals surface area contributed by atoms with Gasteiger partial charge in [-0.15, -0.1) is 0 Å². The molecule has 1 fully saturated rings. The molecule has 0 aliphatic carbocycles. The van der Waals surface area contributed by atoms with E-state index < -0.39 is 5.97 Å². The van der Waals surface area contributed by atoms with Gasteiger partial charge in [0.1, 0.15) is 0 Å². The third-order valence-corrected chi connectivity index (χ3v) is 2.98. The molecule has 1 atom stereocenters. The number of hydrogen-bond donors (Lipinski definition) is 2. The quantitative estimate of drug-likeness (QED) is 0.672. The number of carboxylic acid groups (broad SMARTS) is 1. The van der Waals surface area contributed by atoms with Crippen LogP contribution in [0.4, 0.5) is 0 Å². The molecule has 2 N–H and O–H groups in total. The third-order valence-electron chi connectivity index (χ3n) is 2.98. The van der Waals surface area contributed by atoms with Crippen LogP contribution in [0.25, 0.3) is 0 Å². The maximum atomic E-state index is 11.8. The first-order valence-electron chi connectivity index (χ1n) is 6.25. The highest BCUT2D eigenvalue weighted by atomic mass is 16.4. The first kappa shape index (κ1) is 14.5. The highest BCUT2D eigenvalue weighted by Gasteiger charge is 2.25. The average Bonchev–Trinajstić information content (AvgIpc) is 2.71. The second-order valence-corrected chi connectivity index (χ2v) is 4.63. The lowest BCUT2D eigenvalue weighted by atomic mass is 10.2. The molecule has 102 valence electrons. The standard InChI is InChI=1S/C12H20N2O4/c1-9(15)13-10-6-7-14(8-10)11(16)4-2-3-5-12(17)18/h10H,2-8H2,1H3,(H,13,15)(H,17,18). The molecule has 0 saturated carbocycles. The predicted octanol–water partition coefficient (Wildman–Crippen LogP) is 0.368. The fourth-order valence-corrected chi connectivity index (χ4v) is 2.10. The zero-order valence-electron chi connectivity index (χ0n) is 10.6. The van der Waals surface area contributed by atoms with Gasteiger partial charge < -0.3 is 15.3 Å². The van der Waals surface area contributed by atoms with Crippen LogP contribution in [-0.4, -0.2) is 46.9 Å². The molecule has 2 amide bonds. The molecule has 1 rings (SSSR count). The van der Waals surface area contributed by atoms with Crippen molar-refractivity contribution in [3.63, 3.8) is 0 Å². The average molecular weight is 256 g/mol. The Labute approximate surface area is 106 Å². The minimum atomic E-state index is -0.825. The van der Waals surface area contributed by atoms with Gasteiger partial charge in [-0.1, -0.05) is 0 Å². The molecule has 0 bridgehead atoms. The van der Waals surface area contributed by atoms with E-state index in [-0.39, 0.29) is 24.3 Å². The van der Waals surface area contributed by atoms with E-state index in [1.165, 1.54) is 6.92 Å². The van der Waals surface area contributed by atoms with Gasteiger partial charge in [-0.25, -0.2) is 0 Å². The van der Waals surface area contributed by atoms with Gasteiger partial charge in [0.2, 0.25) is 11.8 Å². The minimum absolute atomic E-state index is 0.0493. The number of carbonyl (C=O) groups is 3. The van der Waals surface area contributed by atoms with Crippen molar-refractivity contribution in [2.24, 2.45) is 0 Å². The summed E-state index contributed by atoms with van der Waals surface area (Å²) in [5, 5.41) is 11.3. The maximum Gasteiger partial charge on any atom is 0.303 e. The summed E-state index contributed by atoms with van der Waals surface area (Å²) < 4.78 is 0. The van der Waals surface area contributed by atoms with E-state index in [9.17, 15) is 14.4 Å². The zero-order valence-corrected chi connectivity index (χ0v) is 10.6. The third kappa shape index (κ3) is 5.16. The molecule has 6 nitrogen and oxygen atoms in total. The SMILES string of the molecule is CC(=O)NC1CCN(C(=O)CCCCC(=O)O)C1. The molecule has 0 radical (unpaired) electrons. The molecular formula is C12H20N2O4. The Bertz CT molecular complexity index is 330. The monoisotopic (exact) mass is 256 g/mol. The zero-order chi connectivity index (χ0) is 13.5. The Hall–Kier alpha value is -1.59. The molecule has 0 aromatic rings. The van der Waals surface area contributed by atoms with Gasteiger partial charge >= 0.3 is 5.97 Å². The molecule has 0 spiro atoms.